The molecule has 2 amide bonds. The van der Waals surface area contributed by atoms with Crippen LogP contribution in [-0.2, 0) is 55.7 Å². The second kappa shape index (κ2) is 26.4. The molecule has 3 N–H and O–H groups in total. The van der Waals surface area contributed by atoms with Crippen LogP contribution < -0.4 is 10.6 Å². The second-order valence-electron chi connectivity index (χ2n) is 18.2. The van der Waals surface area contributed by atoms with Crippen molar-refractivity contribution in [3.63, 3.8) is 0 Å². The van der Waals surface area contributed by atoms with E-state index in [1.807, 2.05) is 55.5 Å². The van der Waals surface area contributed by atoms with E-state index >= 15 is 0 Å². The number of alkyl carbamates (subject to hydrolysis) is 1. The summed E-state index contributed by atoms with van der Waals surface area (Å²) in [5.74, 6) is -1.88. The molecule has 3 aliphatic carbocycles. The molecule has 0 saturated heterocycles. The zero-order valence-electron chi connectivity index (χ0n) is 40.9. The van der Waals surface area contributed by atoms with Crippen molar-refractivity contribution in [3.05, 3.63) is 135 Å². The number of carbonyl (C=O) groups excluding carboxylic acids is 4. The number of methoxy groups -OCH3 is 4. The maximum Gasteiger partial charge on any atom is 0.407 e. The van der Waals surface area contributed by atoms with Crippen LogP contribution in [0.25, 0.3) is 11.1 Å². The Morgan fingerprint density at radius 1 is 0.657 bits per heavy atom. The number of amides is 2. The van der Waals surface area contributed by atoms with E-state index in [-0.39, 0.29) is 30.5 Å². The van der Waals surface area contributed by atoms with Gasteiger partial charge in [0, 0.05) is 58.3 Å². The number of carboxylic acids is 1. The number of rotatable bonds is 19. The highest BCUT2D eigenvalue weighted by atomic mass is 16.6. The van der Waals surface area contributed by atoms with Gasteiger partial charge in [-0.3, -0.25) is 19.7 Å². The van der Waals surface area contributed by atoms with Crippen molar-refractivity contribution in [2.75, 3.05) is 48.3 Å². The van der Waals surface area contributed by atoms with Crippen LogP contribution in [0, 0.1) is 27.9 Å². The van der Waals surface area contributed by atoms with Crippen LogP contribution in [0.4, 0.5) is 10.5 Å². The number of nitrogens with zero attached hydrogens (tertiary/aromatic N) is 1. The predicted octanol–water partition coefficient (Wildman–Crippen LogP) is 8.68. The predicted molar refractivity (Wildman–Crippen MR) is 262 cm³/mol. The Balaban J connectivity index is 0.000000213. The third kappa shape index (κ3) is 14.5. The zero-order chi connectivity index (χ0) is 50.7. The minimum Gasteiger partial charge on any atom is -0.481 e. The van der Waals surface area contributed by atoms with E-state index in [0.29, 0.717) is 38.0 Å². The first kappa shape index (κ1) is 54.3. The first-order valence-corrected chi connectivity index (χ1v) is 23.8. The summed E-state index contributed by atoms with van der Waals surface area (Å²) in [5, 5.41) is 25.3. The molecule has 0 heterocycles. The van der Waals surface area contributed by atoms with Gasteiger partial charge >= 0.3 is 24.0 Å². The van der Waals surface area contributed by atoms with Crippen molar-refractivity contribution in [1.29, 1.82) is 0 Å². The molecule has 7 rings (SSSR count). The average Bonchev–Trinajstić information content (AvgIpc) is 4.14. The molecule has 2 saturated carbocycles. The third-order valence-electron chi connectivity index (χ3n) is 13.7. The molecule has 16 heteroatoms. The van der Waals surface area contributed by atoms with Gasteiger partial charge in [-0.25, -0.2) is 14.4 Å². The van der Waals surface area contributed by atoms with Gasteiger partial charge in [-0.05, 0) is 78.8 Å². The van der Waals surface area contributed by atoms with Crippen molar-refractivity contribution in [1.82, 2.24) is 10.6 Å². The standard InChI is InChI=1S/C26H25NO4.C19H26N2O6.C9H16O3/c1-17-11-13-18(14-12-17)15-24(25(28)30-2)27-26(29)31-16-23-21-9-5-3-7-19(21)20-8-4-6-10-22(20)23;1-26-12-11-19(9-3-4-10-19)18(23)20-16(17(22)27-2)13-14-5-7-15(8-6-14)21(24)25;1-12-7-6-9(8(10)11)4-2-3-5-9/h3-14,23-24H,15-16H2,1-2H3,(H,27,29);5-8,16H,3-4,9-13H2,1-2H3,(H,20,23);2-7H2,1H3,(H,10,11)/t24-;16-;/m00./s1. The van der Waals surface area contributed by atoms with Crippen molar-refractivity contribution in [3.8, 4) is 11.1 Å². The fourth-order valence-electron chi connectivity index (χ4n) is 9.57. The number of nitro benzene ring substituents is 1. The summed E-state index contributed by atoms with van der Waals surface area (Å²) in [5.41, 5.74) is 6.37. The highest BCUT2D eigenvalue weighted by molar-refractivity contribution is 5.88. The van der Waals surface area contributed by atoms with E-state index in [4.69, 9.17) is 28.8 Å². The molecule has 0 aliphatic heterocycles. The molecule has 0 spiro atoms. The Hall–Kier alpha value is -6.65. The Morgan fingerprint density at radius 3 is 1.56 bits per heavy atom. The van der Waals surface area contributed by atoms with Gasteiger partial charge in [0.1, 0.15) is 18.7 Å². The largest absolute Gasteiger partial charge is 0.481 e. The number of benzene rings is 4. The molecular weight excluding hydrogens is 899 g/mol. The number of esters is 2. The van der Waals surface area contributed by atoms with Gasteiger partial charge in [0.15, 0.2) is 0 Å². The summed E-state index contributed by atoms with van der Waals surface area (Å²) in [7, 11) is 5.80. The number of hydrogen-bond acceptors (Lipinski definition) is 12. The van der Waals surface area contributed by atoms with Gasteiger partial charge in [0.25, 0.3) is 5.69 Å². The molecule has 4 aromatic carbocycles. The number of hydrogen-bond donors (Lipinski definition) is 3. The average molecular weight is 966 g/mol. The quantitative estimate of drug-likeness (QED) is 0.0347. The minimum atomic E-state index is -0.844. The van der Waals surface area contributed by atoms with Crippen LogP contribution in [0.2, 0.25) is 0 Å². The summed E-state index contributed by atoms with van der Waals surface area (Å²) in [4.78, 5) is 71.2. The lowest BCUT2D eigenvalue weighted by Gasteiger charge is -2.29. The zero-order valence-corrected chi connectivity index (χ0v) is 40.9. The lowest BCUT2D eigenvalue weighted by molar-refractivity contribution is -0.384. The number of non-ortho nitro benzene ring substituents is 1. The smallest absolute Gasteiger partial charge is 0.407 e. The van der Waals surface area contributed by atoms with Crippen LogP contribution in [0.5, 0.6) is 0 Å². The first-order valence-electron chi connectivity index (χ1n) is 23.8. The van der Waals surface area contributed by atoms with E-state index < -0.39 is 51.8 Å². The number of aliphatic carboxylic acids is 1. The van der Waals surface area contributed by atoms with E-state index in [2.05, 4.69) is 34.9 Å². The molecular formula is C54H67N3O13. The molecule has 376 valence electrons. The molecule has 0 radical (unpaired) electrons. The van der Waals surface area contributed by atoms with Gasteiger partial charge in [-0.1, -0.05) is 116 Å². The number of nitro groups is 1. The molecule has 0 aromatic heterocycles. The fourth-order valence-corrected chi connectivity index (χ4v) is 9.57. The summed E-state index contributed by atoms with van der Waals surface area (Å²) in [6.45, 7) is 3.24. The van der Waals surface area contributed by atoms with Gasteiger partial charge in [-0.15, -0.1) is 0 Å². The number of aryl methyl sites for hydroxylation is 1. The van der Waals surface area contributed by atoms with Crippen molar-refractivity contribution >= 4 is 35.6 Å². The van der Waals surface area contributed by atoms with Gasteiger partial charge in [0.05, 0.1) is 30.0 Å². The lowest BCUT2D eigenvalue weighted by atomic mass is 9.81. The molecule has 4 aromatic rings. The van der Waals surface area contributed by atoms with Gasteiger partial charge in [-0.2, -0.15) is 0 Å². The highest BCUT2D eigenvalue weighted by Gasteiger charge is 2.43. The number of ether oxygens (including phenoxy) is 5. The second-order valence-corrected chi connectivity index (χ2v) is 18.2. The van der Waals surface area contributed by atoms with Crippen LogP contribution >= 0.6 is 0 Å². The molecule has 70 heavy (non-hydrogen) atoms. The summed E-state index contributed by atoms with van der Waals surface area (Å²) in [6, 6.07) is 28.4. The van der Waals surface area contributed by atoms with E-state index in [0.717, 1.165) is 73.6 Å². The van der Waals surface area contributed by atoms with Crippen molar-refractivity contribution in [2.45, 2.75) is 102 Å². The number of carbonyl (C=O) groups is 5. The van der Waals surface area contributed by atoms with Crippen molar-refractivity contribution < 1.29 is 57.7 Å². The Bertz CT molecular complexity index is 2330. The van der Waals surface area contributed by atoms with E-state index in [1.165, 1.54) is 37.5 Å². The first-order chi connectivity index (χ1) is 33.7. The molecule has 0 bridgehead atoms. The minimum absolute atomic E-state index is 0.0260. The topological polar surface area (TPSA) is 219 Å². The lowest BCUT2D eigenvalue weighted by Crippen LogP contribution is -2.49. The highest BCUT2D eigenvalue weighted by Crippen LogP contribution is 2.45. The van der Waals surface area contributed by atoms with Crippen LogP contribution in [-0.4, -0.2) is 100 Å². The van der Waals surface area contributed by atoms with Gasteiger partial charge in [0.2, 0.25) is 5.91 Å². The normalized spacial score (nSPS) is 15.8. The summed E-state index contributed by atoms with van der Waals surface area (Å²) in [6.07, 6.45) is 8.42. The monoisotopic (exact) mass is 965 g/mol. The molecule has 3 aliphatic rings. The maximum absolute atomic E-state index is 13.0. The SMILES string of the molecule is COC(=O)[C@H](Cc1ccc(C)cc1)NC(=O)OCC1c2ccccc2-c2ccccc21.COCCC1(C(=O)N[C@@H](Cc2ccc([N+](=O)[O-])cc2)C(=O)OC)CCCC1.COCCC1(C(=O)O)CCCC1. The molecule has 16 nitrogen and oxygen atoms in total. The van der Waals surface area contributed by atoms with Crippen LogP contribution in [0.15, 0.2) is 97.1 Å². The summed E-state index contributed by atoms with van der Waals surface area (Å²) < 4.78 is 25.3. The van der Waals surface area contributed by atoms with E-state index in [9.17, 15) is 34.1 Å². The Labute approximate surface area is 409 Å². The fraction of sp³-hybridized carbons (Fsp3) is 0.463. The molecule has 2 fully saturated rings. The summed E-state index contributed by atoms with van der Waals surface area (Å²) >= 11 is 0. The number of nitrogens with one attached hydrogen (secondary N) is 2. The number of fused-ring (bicyclic) bond motifs is 3. The van der Waals surface area contributed by atoms with Crippen LogP contribution in [0.3, 0.4) is 0 Å². The number of carboxylic acid groups (broad SMARTS) is 1. The Morgan fingerprint density at radius 2 is 1.10 bits per heavy atom. The van der Waals surface area contributed by atoms with Crippen molar-refractivity contribution in [2.24, 2.45) is 10.8 Å². The maximum atomic E-state index is 13.0. The van der Waals surface area contributed by atoms with Crippen LogP contribution in [0.1, 0.15) is 97.9 Å². The Kier molecular flexibility index (Phi) is 20.4. The molecule has 0 unspecified atom stereocenters. The van der Waals surface area contributed by atoms with E-state index in [1.54, 1.807) is 26.4 Å². The third-order valence-corrected chi connectivity index (χ3v) is 13.7. The molecule has 2 atom stereocenters. The van der Waals surface area contributed by atoms with Gasteiger partial charge < -0.3 is 39.4 Å².